The van der Waals surface area contributed by atoms with Gasteiger partial charge in [0.25, 0.3) is 6.71 Å². The summed E-state index contributed by atoms with van der Waals surface area (Å²) in [4.78, 5) is 5.25. The number of hydrogen-bond donors (Lipinski definition) is 0. The van der Waals surface area contributed by atoms with Gasteiger partial charge in [-0.1, -0.05) is 273 Å². The van der Waals surface area contributed by atoms with Crippen molar-refractivity contribution in [3.63, 3.8) is 0 Å². The molecule has 89 heavy (non-hydrogen) atoms. The molecule has 2 aliphatic heterocycles. The second kappa shape index (κ2) is 18.2. The Labute approximate surface area is 518 Å². The van der Waals surface area contributed by atoms with Gasteiger partial charge in [0, 0.05) is 34.1 Å². The Morgan fingerprint density at radius 3 is 0.843 bits per heavy atom. The van der Waals surface area contributed by atoms with Crippen molar-refractivity contribution in [2.75, 3.05) is 9.80 Å². The second-order valence-electron chi connectivity index (χ2n) is 24.9. The van der Waals surface area contributed by atoms with E-state index in [2.05, 4.69) is 331 Å². The Bertz CT molecular complexity index is 4950. The van der Waals surface area contributed by atoms with Gasteiger partial charge in [0.15, 0.2) is 0 Å². The van der Waals surface area contributed by atoms with Crippen LogP contribution in [-0.2, 0) is 10.8 Å². The molecule has 0 saturated carbocycles. The predicted molar refractivity (Wildman–Crippen MR) is 369 cm³/mol. The smallest absolute Gasteiger partial charge is 0.252 e. The zero-order chi connectivity index (χ0) is 58.1. The highest BCUT2D eigenvalue weighted by molar-refractivity contribution is 7.00. The summed E-state index contributed by atoms with van der Waals surface area (Å²) in [5.74, 6) is 0. The molecule has 0 atom stereocenters. The van der Waals surface area contributed by atoms with Crippen molar-refractivity contribution >= 4 is 57.2 Å². The molecule has 4 aliphatic carbocycles. The lowest BCUT2D eigenvalue weighted by atomic mass is 9.33. The molecule has 20 rings (SSSR count). The monoisotopic (exact) mass is 1120 g/mol. The Morgan fingerprint density at radius 1 is 0.202 bits per heavy atom. The molecule has 0 unspecified atom stereocenters. The van der Waals surface area contributed by atoms with E-state index >= 15 is 0 Å². The minimum Gasteiger partial charge on any atom is -0.311 e. The molecule has 14 aromatic carbocycles. The molecular weight excluding hydrogens is 1070 g/mol. The van der Waals surface area contributed by atoms with Gasteiger partial charge in [-0.15, -0.1) is 0 Å². The van der Waals surface area contributed by atoms with Crippen LogP contribution in [0.1, 0.15) is 44.5 Å². The van der Waals surface area contributed by atoms with E-state index in [0.29, 0.717) is 0 Å². The average molecular weight is 1130 g/mol. The van der Waals surface area contributed by atoms with Gasteiger partial charge in [0.2, 0.25) is 0 Å². The van der Waals surface area contributed by atoms with Gasteiger partial charge in [0.05, 0.1) is 10.8 Å². The maximum Gasteiger partial charge on any atom is 0.252 e. The van der Waals surface area contributed by atoms with Crippen molar-refractivity contribution in [3.05, 3.63) is 366 Å². The third kappa shape index (κ3) is 6.40. The second-order valence-corrected chi connectivity index (χ2v) is 24.9. The zero-order valence-electron chi connectivity index (χ0n) is 48.6. The third-order valence-corrected chi connectivity index (χ3v) is 20.9. The molecule has 2 spiro atoms. The van der Waals surface area contributed by atoms with E-state index in [9.17, 15) is 0 Å². The Balaban J connectivity index is 0.873. The summed E-state index contributed by atoms with van der Waals surface area (Å²) >= 11 is 0. The average Bonchev–Trinajstić information content (AvgIpc) is 1.58. The lowest BCUT2D eigenvalue weighted by Crippen LogP contribution is -2.61. The molecule has 2 heterocycles. The molecule has 6 aliphatic rings. The van der Waals surface area contributed by atoms with E-state index in [1.165, 1.54) is 156 Å². The minimum absolute atomic E-state index is 0.135. The molecule has 0 aromatic heterocycles. The molecule has 0 saturated heterocycles. The van der Waals surface area contributed by atoms with Crippen molar-refractivity contribution in [3.8, 4) is 77.9 Å². The van der Waals surface area contributed by atoms with Crippen molar-refractivity contribution in [1.82, 2.24) is 0 Å². The maximum atomic E-state index is 2.62. The Morgan fingerprint density at radius 2 is 0.494 bits per heavy atom. The predicted octanol–water partition coefficient (Wildman–Crippen LogP) is 19.5. The van der Waals surface area contributed by atoms with Crippen LogP contribution in [0.15, 0.2) is 322 Å². The van der Waals surface area contributed by atoms with E-state index in [-0.39, 0.29) is 6.71 Å². The molecule has 14 aromatic rings. The number of rotatable bonds is 5. The number of benzene rings is 14. The van der Waals surface area contributed by atoms with Gasteiger partial charge in [0.1, 0.15) is 0 Å². The highest BCUT2D eigenvalue weighted by Crippen LogP contribution is 2.65. The third-order valence-electron chi connectivity index (χ3n) is 20.9. The highest BCUT2D eigenvalue weighted by atomic mass is 15.2. The largest absolute Gasteiger partial charge is 0.311 e. The zero-order valence-corrected chi connectivity index (χ0v) is 48.6. The first-order chi connectivity index (χ1) is 44.2. The van der Waals surface area contributed by atoms with Crippen molar-refractivity contribution in [2.24, 2.45) is 0 Å². The first-order valence-corrected chi connectivity index (χ1v) is 31.3. The van der Waals surface area contributed by atoms with E-state index in [0.717, 1.165) is 16.9 Å². The molecule has 0 N–H and O–H groups in total. The number of nitrogens with zero attached hydrogens (tertiary/aromatic N) is 2. The van der Waals surface area contributed by atoms with E-state index in [1.807, 2.05) is 0 Å². The number of hydrogen-bond acceptors (Lipinski definition) is 2. The Kier molecular flexibility index (Phi) is 9.98. The summed E-state index contributed by atoms with van der Waals surface area (Å²) in [5.41, 5.74) is 38.1. The fourth-order valence-corrected chi connectivity index (χ4v) is 17.4. The summed E-state index contributed by atoms with van der Waals surface area (Å²) in [5, 5.41) is 0. The standard InChI is InChI=1S/C86H53BN2/c1-4-22-54(23-5-1)57-40-46-80-78(48-57)87-79-49-58(55-24-6-2-7-25-55)41-47-81(79)89(61-43-45-77-69(53-61)67-33-15-21-39-75(67)86(77)72-36-18-12-30-64(72)65-31-13-19-37-73(65)86)83-51-59(56-26-8-3-9-27-56)50-82(84(83)87)88(80)60-42-44-76-68(52-60)66-32-14-20-38-74(66)85(76)70-34-16-10-28-62(70)63-29-11-17-35-71(63)85/h1-53H. The number of anilines is 6. The first-order valence-electron chi connectivity index (χ1n) is 31.3. The summed E-state index contributed by atoms with van der Waals surface area (Å²) in [6.07, 6.45) is 0. The van der Waals surface area contributed by atoms with Gasteiger partial charge in [-0.2, -0.15) is 0 Å². The molecule has 410 valence electrons. The van der Waals surface area contributed by atoms with Crippen LogP contribution in [0.3, 0.4) is 0 Å². The quantitative estimate of drug-likeness (QED) is 0.159. The molecule has 0 amide bonds. The summed E-state index contributed by atoms with van der Waals surface area (Å²) in [6.45, 7) is -0.135. The lowest BCUT2D eigenvalue weighted by Gasteiger charge is -2.45. The highest BCUT2D eigenvalue weighted by Gasteiger charge is 2.54. The molecule has 2 nitrogen and oxygen atoms in total. The molecule has 3 heteroatoms. The van der Waals surface area contributed by atoms with Crippen LogP contribution in [0.25, 0.3) is 77.9 Å². The number of fused-ring (bicyclic) bond motifs is 24. The molecular formula is C86H53BN2. The summed E-state index contributed by atoms with van der Waals surface area (Å²) in [7, 11) is 0. The van der Waals surface area contributed by atoms with Crippen molar-refractivity contribution in [1.29, 1.82) is 0 Å². The molecule has 0 radical (unpaired) electrons. The van der Waals surface area contributed by atoms with E-state index in [4.69, 9.17) is 0 Å². The van der Waals surface area contributed by atoms with E-state index < -0.39 is 10.8 Å². The van der Waals surface area contributed by atoms with Crippen LogP contribution in [-0.4, -0.2) is 6.71 Å². The van der Waals surface area contributed by atoms with Gasteiger partial charge in [-0.05, 0) is 187 Å². The van der Waals surface area contributed by atoms with Crippen LogP contribution in [0, 0.1) is 0 Å². The van der Waals surface area contributed by atoms with Crippen LogP contribution in [0.4, 0.5) is 34.1 Å². The summed E-state index contributed by atoms with van der Waals surface area (Å²) in [6, 6.07) is 122. The topological polar surface area (TPSA) is 6.48 Å². The fourth-order valence-electron chi connectivity index (χ4n) is 17.4. The summed E-state index contributed by atoms with van der Waals surface area (Å²) < 4.78 is 0. The minimum atomic E-state index is -0.458. The SMILES string of the molecule is c1ccc(-c2ccc3c(c2)B2c4cc(-c5ccccc5)ccc4N(c4ccc5c(c4)-c4ccccc4C54c5ccccc5-c5ccccc54)c4cc(-c5ccccc5)cc(c42)N3c2ccc3c(c2)-c2ccccc2C32c3ccccc3-c3ccccc32)cc1. The fraction of sp³-hybridized carbons (Fsp3) is 0.0233. The van der Waals surface area contributed by atoms with Gasteiger partial charge in [-0.3, -0.25) is 0 Å². The van der Waals surface area contributed by atoms with Gasteiger partial charge in [-0.25, -0.2) is 0 Å². The van der Waals surface area contributed by atoms with Gasteiger partial charge >= 0.3 is 0 Å². The van der Waals surface area contributed by atoms with Crippen LogP contribution in [0.2, 0.25) is 0 Å². The van der Waals surface area contributed by atoms with Crippen LogP contribution < -0.4 is 26.2 Å². The van der Waals surface area contributed by atoms with Crippen molar-refractivity contribution in [2.45, 2.75) is 10.8 Å². The van der Waals surface area contributed by atoms with Crippen LogP contribution >= 0.6 is 0 Å². The molecule has 0 fully saturated rings. The van der Waals surface area contributed by atoms with E-state index in [1.54, 1.807) is 0 Å². The Hall–Kier alpha value is -11.3. The molecule has 0 bridgehead atoms. The van der Waals surface area contributed by atoms with Crippen LogP contribution in [0.5, 0.6) is 0 Å². The lowest BCUT2D eigenvalue weighted by molar-refractivity contribution is 0.794. The van der Waals surface area contributed by atoms with Crippen molar-refractivity contribution < 1.29 is 0 Å². The first kappa shape index (κ1) is 48.9. The maximum absolute atomic E-state index is 2.62. The normalized spacial score (nSPS) is 14.4. The van der Waals surface area contributed by atoms with Gasteiger partial charge < -0.3 is 9.80 Å².